The van der Waals surface area contributed by atoms with Crippen LogP contribution in [-0.4, -0.2) is 23.1 Å². The van der Waals surface area contributed by atoms with Crippen molar-refractivity contribution in [1.82, 2.24) is 5.16 Å². The van der Waals surface area contributed by atoms with Crippen molar-refractivity contribution in [2.24, 2.45) is 0 Å². The van der Waals surface area contributed by atoms with E-state index in [1.54, 1.807) is 45.0 Å². The Balaban J connectivity index is 1.79. The Kier molecular flexibility index (Phi) is 5.35. The van der Waals surface area contributed by atoms with Gasteiger partial charge in [-0.05, 0) is 45.0 Å². The molecule has 0 fully saturated rings. The van der Waals surface area contributed by atoms with Crippen molar-refractivity contribution < 1.29 is 18.8 Å². The Morgan fingerprint density at radius 1 is 1.04 bits per heavy atom. The number of carbonyl (C=O) groups is 2. The molecule has 2 aromatic carbocycles. The molecular formula is C21H20N2O4. The molecule has 0 saturated heterocycles. The molecular weight excluding hydrogens is 344 g/mol. The third kappa shape index (κ3) is 4.23. The zero-order chi connectivity index (χ0) is 19.4. The lowest BCUT2D eigenvalue weighted by molar-refractivity contribution is 0.0378. The number of anilines is 1. The molecule has 1 aromatic heterocycles. The van der Waals surface area contributed by atoms with E-state index in [-0.39, 0.29) is 12.0 Å². The minimum atomic E-state index is -0.399. The lowest BCUT2D eigenvalue weighted by Crippen LogP contribution is -2.14. The number of nitrogens with one attached hydrogen (secondary N) is 1. The largest absolute Gasteiger partial charge is 0.459 e. The summed E-state index contributed by atoms with van der Waals surface area (Å²) in [6.07, 6.45) is -0.190. The number of aryl methyl sites for hydroxylation is 1. The highest BCUT2D eigenvalue weighted by Gasteiger charge is 2.21. The molecule has 138 valence electrons. The maximum absolute atomic E-state index is 12.8. The fraction of sp³-hybridized carbons (Fsp3) is 0.190. The molecule has 0 bridgehead atoms. The highest BCUT2D eigenvalue weighted by atomic mass is 16.5. The molecule has 0 atom stereocenters. The monoisotopic (exact) mass is 364 g/mol. The summed E-state index contributed by atoms with van der Waals surface area (Å²) in [4.78, 5) is 24.6. The lowest BCUT2D eigenvalue weighted by atomic mass is 10.1. The van der Waals surface area contributed by atoms with Crippen molar-refractivity contribution in [2.75, 3.05) is 5.32 Å². The number of rotatable bonds is 5. The number of ether oxygens (including phenoxy) is 1. The second kappa shape index (κ2) is 7.86. The highest BCUT2D eigenvalue weighted by molar-refractivity contribution is 6.08. The number of amides is 1. The SMILES string of the molecule is Cc1onc(-c2ccccc2)c1C(=O)Nc1ccc(C(=O)OC(C)C)cc1. The second-order valence-electron chi connectivity index (χ2n) is 6.31. The van der Waals surface area contributed by atoms with E-state index in [2.05, 4.69) is 10.5 Å². The fourth-order valence-corrected chi connectivity index (χ4v) is 2.60. The molecule has 6 nitrogen and oxygen atoms in total. The number of esters is 1. The van der Waals surface area contributed by atoms with E-state index >= 15 is 0 Å². The number of aromatic nitrogens is 1. The summed E-state index contributed by atoms with van der Waals surface area (Å²) < 4.78 is 10.4. The lowest BCUT2D eigenvalue weighted by Gasteiger charge is -2.09. The van der Waals surface area contributed by atoms with Gasteiger partial charge in [0.2, 0.25) is 0 Å². The van der Waals surface area contributed by atoms with Gasteiger partial charge in [-0.25, -0.2) is 4.79 Å². The first-order valence-corrected chi connectivity index (χ1v) is 8.60. The number of nitrogens with zero attached hydrogens (tertiary/aromatic N) is 1. The molecule has 1 amide bonds. The Morgan fingerprint density at radius 3 is 2.33 bits per heavy atom. The molecule has 1 heterocycles. The van der Waals surface area contributed by atoms with Gasteiger partial charge in [-0.15, -0.1) is 0 Å². The summed E-state index contributed by atoms with van der Waals surface area (Å²) in [6.45, 7) is 5.27. The molecule has 6 heteroatoms. The van der Waals surface area contributed by atoms with Crippen LogP contribution in [-0.2, 0) is 4.74 Å². The summed E-state index contributed by atoms with van der Waals surface area (Å²) in [6, 6.07) is 15.9. The predicted molar refractivity (Wildman–Crippen MR) is 102 cm³/mol. The summed E-state index contributed by atoms with van der Waals surface area (Å²) in [5.41, 5.74) is 2.65. The summed E-state index contributed by atoms with van der Waals surface area (Å²) in [7, 11) is 0. The summed E-state index contributed by atoms with van der Waals surface area (Å²) >= 11 is 0. The van der Waals surface area contributed by atoms with Crippen LogP contribution in [0.2, 0.25) is 0 Å². The summed E-state index contributed by atoms with van der Waals surface area (Å²) in [5.74, 6) is -0.294. The van der Waals surface area contributed by atoms with Crippen molar-refractivity contribution in [3.05, 3.63) is 71.5 Å². The smallest absolute Gasteiger partial charge is 0.338 e. The predicted octanol–water partition coefficient (Wildman–Crippen LogP) is 4.47. The van der Waals surface area contributed by atoms with Crippen LogP contribution in [0.3, 0.4) is 0 Å². The van der Waals surface area contributed by atoms with Crippen LogP contribution in [0.5, 0.6) is 0 Å². The van der Waals surface area contributed by atoms with Crippen LogP contribution in [0.15, 0.2) is 59.1 Å². The minimum absolute atomic E-state index is 0.190. The van der Waals surface area contributed by atoms with E-state index in [0.717, 1.165) is 5.56 Å². The van der Waals surface area contributed by atoms with Gasteiger partial charge in [0.25, 0.3) is 5.91 Å². The molecule has 3 rings (SSSR count). The first-order valence-electron chi connectivity index (χ1n) is 8.60. The van der Waals surface area contributed by atoms with Crippen LogP contribution in [0.4, 0.5) is 5.69 Å². The Hall–Kier alpha value is -3.41. The molecule has 0 saturated carbocycles. The number of hydrogen-bond donors (Lipinski definition) is 1. The standard InChI is InChI=1S/C21H20N2O4/c1-13(2)26-21(25)16-9-11-17(12-10-16)22-20(24)18-14(3)27-23-19(18)15-7-5-4-6-8-15/h4-13H,1-3H3,(H,22,24). The van der Waals surface area contributed by atoms with E-state index in [4.69, 9.17) is 9.26 Å². The van der Waals surface area contributed by atoms with Gasteiger partial charge in [-0.2, -0.15) is 0 Å². The van der Waals surface area contributed by atoms with Crippen molar-refractivity contribution >= 4 is 17.6 Å². The maximum Gasteiger partial charge on any atom is 0.338 e. The average Bonchev–Trinajstić information content (AvgIpc) is 3.04. The Bertz CT molecular complexity index is 944. The molecule has 0 aliphatic carbocycles. The fourth-order valence-electron chi connectivity index (χ4n) is 2.60. The normalized spacial score (nSPS) is 10.7. The molecule has 1 N–H and O–H groups in total. The molecule has 27 heavy (non-hydrogen) atoms. The van der Waals surface area contributed by atoms with E-state index in [0.29, 0.717) is 28.3 Å². The quantitative estimate of drug-likeness (QED) is 0.676. The van der Waals surface area contributed by atoms with Gasteiger partial charge in [0.1, 0.15) is 17.0 Å². The van der Waals surface area contributed by atoms with E-state index < -0.39 is 5.97 Å². The molecule has 3 aromatic rings. The van der Waals surface area contributed by atoms with Crippen molar-refractivity contribution in [2.45, 2.75) is 26.9 Å². The van der Waals surface area contributed by atoms with Gasteiger partial charge >= 0.3 is 5.97 Å². The van der Waals surface area contributed by atoms with Crippen LogP contribution >= 0.6 is 0 Å². The zero-order valence-electron chi connectivity index (χ0n) is 15.4. The number of carbonyl (C=O) groups excluding carboxylic acids is 2. The molecule has 0 aliphatic heterocycles. The van der Waals surface area contributed by atoms with Gasteiger partial charge in [0, 0.05) is 11.3 Å². The van der Waals surface area contributed by atoms with Crippen molar-refractivity contribution in [1.29, 1.82) is 0 Å². The van der Waals surface area contributed by atoms with Gasteiger partial charge in [0.05, 0.1) is 11.7 Å². The Morgan fingerprint density at radius 2 is 1.70 bits per heavy atom. The van der Waals surface area contributed by atoms with Gasteiger partial charge in [-0.1, -0.05) is 35.5 Å². The van der Waals surface area contributed by atoms with E-state index in [1.165, 1.54) is 0 Å². The second-order valence-corrected chi connectivity index (χ2v) is 6.31. The molecule has 0 aliphatic rings. The minimum Gasteiger partial charge on any atom is -0.459 e. The van der Waals surface area contributed by atoms with Crippen LogP contribution in [0, 0.1) is 6.92 Å². The van der Waals surface area contributed by atoms with Gasteiger partial charge in [0.15, 0.2) is 0 Å². The van der Waals surface area contributed by atoms with Crippen molar-refractivity contribution in [3.8, 4) is 11.3 Å². The zero-order valence-corrected chi connectivity index (χ0v) is 15.4. The Labute approximate surface area is 157 Å². The average molecular weight is 364 g/mol. The van der Waals surface area contributed by atoms with E-state index in [9.17, 15) is 9.59 Å². The topological polar surface area (TPSA) is 81.4 Å². The van der Waals surface area contributed by atoms with Crippen molar-refractivity contribution in [3.63, 3.8) is 0 Å². The first-order chi connectivity index (χ1) is 13.0. The highest BCUT2D eigenvalue weighted by Crippen LogP contribution is 2.26. The molecule has 0 spiro atoms. The third-order valence-electron chi connectivity index (χ3n) is 3.86. The van der Waals surface area contributed by atoms with E-state index in [1.807, 2.05) is 30.3 Å². The third-order valence-corrected chi connectivity index (χ3v) is 3.86. The van der Waals surface area contributed by atoms with Gasteiger partial charge in [-0.3, -0.25) is 4.79 Å². The van der Waals surface area contributed by atoms with Gasteiger partial charge < -0.3 is 14.6 Å². The molecule has 0 unspecified atom stereocenters. The van der Waals surface area contributed by atoms with Crippen LogP contribution in [0.25, 0.3) is 11.3 Å². The van der Waals surface area contributed by atoms with Crippen LogP contribution in [0.1, 0.15) is 40.3 Å². The summed E-state index contributed by atoms with van der Waals surface area (Å²) in [5, 5.41) is 6.83. The maximum atomic E-state index is 12.8. The number of benzene rings is 2. The van der Waals surface area contributed by atoms with Crippen LogP contribution < -0.4 is 5.32 Å². The first kappa shape index (κ1) is 18.4. The number of hydrogen-bond acceptors (Lipinski definition) is 5. The molecule has 0 radical (unpaired) electrons.